The topological polar surface area (TPSA) is 90.0 Å². The number of carbonyl (C=O) groups is 2. The van der Waals surface area contributed by atoms with Gasteiger partial charge in [-0.1, -0.05) is 12.1 Å². The van der Waals surface area contributed by atoms with Crippen molar-refractivity contribution < 1.29 is 14.0 Å². The van der Waals surface area contributed by atoms with Crippen molar-refractivity contribution in [3.8, 4) is 0 Å². The molecule has 0 fully saturated rings. The van der Waals surface area contributed by atoms with E-state index in [1.165, 1.54) is 30.5 Å². The van der Waals surface area contributed by atoms with Gasteiger partial charge in [0.05, 0.1) is 17.5 Å². The van der Waals surface area contributed by atoms with Gasteiger partial charge in [0, 0.05) is 6.54 Å². The number of nitrogens with two attached hydrogens (primary N) is 1. The van der Waals surface area contributed by atoms with E-state index in [1.807, 2.05) is 4.68 Å². The first-order valence-electron chi connectivity index (χ1n) is 7.46. The number of aryl methyl sites for hydroxylation is 1. The third-order valence-corrected chi connectivity index (χ3v) is 3.99. The van der Waals surface area contributed by atoms with E-state index in [1.54, 1.807) is 0 Å². The maximum atomic E-state index is 13.0. The quantitative estimate of drug-likeness (QED) is 0.891. The van der Waals surface area contributed by atoms with Crippen LogP contribution in [0.3, 0.4) is 0 Å². The second-order valence-corrected chi connectivity index (χ2v) is 5.55. The molecular weight excluding hydrogens is 299 g/mol. The van der Waals surface area contributed by atoms with E-state index in [4.69, 9.17) is 5.73 Å². The Morgan fingerprint density at radius 1 is 1.26 bits per heavy atom. The van der Waals surface area contributed by atoms with E-state index in [9.17, 15) is 14.0 Å². The lowest BCUT2D eigenvalue weighted by molar-refractivity contribution is -0.120. The van der Waals surface area contributed by atoms with Crippen molar-refractivity contribution in [1.82, 2.24) is 15.1 Å². The van der Waals surface area contributed by atoms with Crippen molar-refractivity contribution in [3.63, 3.8) is 0 Å². The molecule has 2 heterocycles. The van der Waals surface area contributed by atoms with Crippen LogP contribution in [0.4, 0.5) is 4.39 Å². The maximum absolute atomic E-state index is 13.0. The molecule has 0 bridgehead atoms. The number of halogens is 1. The number of nitrogens with zero attached hydrogens (tertiary/aromatic N) is 2. The Balaban J connectivity index is 1.83. The molecule has 1 aliphatic rings. The second-order valence-electron chi connectivity index (χ2n) is 5.55. The molecule has 6 nitrogen and oxygen atoms in total. The van der Waals surface area contributed by atoms with Crippen molar-refractivity contribution in [2.75, 3.05) is 0 Å². The van der Waals surface area contributed by atoms with Gasteiger partial charge in [0.25, 0.3) is 5.91 Å². The Hall–Kier alpha value is -2.70. The fourth-order valence-electron chi connectivity index (χ4n) is 2.79. The Morgan fingerprint density at radius 3 is 2.70 bits per heavy atom. The molecule has 0 aliphatic carbocycles. The monoisotopic (exact) mass is 316 g/mol. The molecule has 1 atom stereocenters. The van der Waals surface area contributed by atoms with Crippen LogP contribution in [-0.4, -0.2) is 21.6 Å². The maximum Gasteiger partial charge on any atom is 0.255 e. The molecule has 2 aromatic rings. The van der Waals surface area contributed by atoms with Crippen molar-refractivity contribution in [3.05, 3.63) is 53.1 Å². The number of primary amides is 1. The van der Waals surface area contributed by atoms with Gasteiger partial charge >= 0.3 is 0 Å². The van der Waals surface area contributed by atoms with Crippen LogP contribution < -0.4 is 11.1 Å². The predicted octanol–water partition coefficient (Wildman–Crippen LogP) is 1.31. The van der Waals surface area contributed by atoms with E-state index in [0.717, 1.165) is 31.5 Å². The normalized spacial score (nSPS) is 14.8. The number of aromatic nitrogens is 2. The molecule has 3 rings (SSSR count). The molecule has 120 valence electrons. The van der Waals surface area contributed by atoms with Gasteiger partial charge in [-0.15, -0.1) is 0 Å². The summed E-state index contributed by atoms with van der Waals surface area (Å²) in [6.45, 7) is 0.791. The fourth-order valence-corrected chi connectivity index (χ4v) is 2.79. The van der Waals surface area contributed by atoms with Crippen LogP contribution in [0.5, 0.6) is 0 Å². The van der Waals surface area contributed by atoms with Crippen LogP contribution in [0.2, 0.25) is 0 Å². The van der Waals surface area contributed by atoms with Crippen molar-refractivity contribution >= 4 is 11.8 Å². The van der Waals surface area contributed by atoms with Gasteiger partial charge in [0.1, 0.15) is 11.9 Å². The number of nitrogens with one attached hydrogen (secondary N) is 1. The van der Waals surface area contributed by atoms with Crippen LogP contribution >= 0.6 is 0 Å². The van der Waals surface area contributed by atoms with E-state index in [0.29, 0.717) is 11.1 Å². The summed E-state index contributed by atoms with van der Waals surface area (Å²) >= 11 is 0. The lowest BCUT2D eigenvalue weighted by atomic mass is 10.0. The van der Waals surface area contributed by atoms with Gasteiger partial charge in [0.2, 0.25) is 5.91 Å². The van der Waals surface area contributed by atoms with Gasteiger partial charge in [-0.3, -0.25) is 14.3 Å². The Labute approximate surface area is 132 Å². The standard InChI is InChI=1S/C16H17FN4O2/c17-11-6-4-10(5-7-11)14(15(18)22)20-16(23)12-9-19-21-8-2-1-3-13(12)21/h4-7,9,14H,1-3,8H2,(H2,18,22)(H,20,23)/t14-/m1/s1. The highest BCUT2D eigenvalue weighted by Gasteiger charge is 2.25. The summed E-state index contributed by atoms with van der Waals surface area (Å²) in [6, 6.07) is 4.29. The second kappa shape index (κ2) is 6.20. The Morgan fingerprint density at radius 2 is 2.00 bits per heavy atom. The van der Waals surface area contributed by atoms with Crippen LogP contribution in [0.25, 0.3) is 0 Å². The molecule has 0 spiro atoms. The number of hydrogen-bond donors (Lipinski definition) is 2. The average molecular weight is 316 g/mol. The molecule has 23 heavy (non-hydrogen) atoms. The van der Waals surface area contributed by atoms with Crippen molar-refractivity contribution in [2.45, 2.75) is 31.8 Å². The van der Waals surface area contributed by atoms with Gasteiger partial charge in [-0.25, -0.2) is 4.39 Å². The molecule has 1 aromatic carbocycles. The minimum atomic E-state index is -1.01. The number of amides is 2. The Kier molecular flexibility index (Phi) is 4.10. The zero-order valence-electron chi connectivity index (χ0n) is 12.5. The number of carbonyl (C=O) groups excluding carboxylic acids is 2. The summed E-state index contributed by atoms with van der Waals surface area (Å²) in [6.07, 6.45) is 4.33. The summed E-state index contributed by atoms with van der Waals surface area (Å²) in [7, 11) is 0. The van der Waals surface area contributed by atoms with E-state index >= 15 is 0 Å². The number of rotatable bonds is 4. The number of hydrogen-bond acceptors (Lipinski definition) is 3. The first-order chi connectivity index (χ1) is 11.1. The van der Waals surface area contributed by atoms with E-state index in [2.05, 4.69) is 10.4 Å². The molecule has 7 heteroatoms. The largest absolute Gasteiger partial charge is 0.368 e. The lowest BCUT2D eigenvalue weighted by Crippen LogP contribution is -2.37. The van der Waals surface area contributed by atoms with Crippen molar-refractivity contribution in [2.24, 2.45) is 5.73 Å². The zero-order chi connectivity index (χ0) is 16.4. The Bertz CT molecular complexity index is 739. The van der Waals surface area contributed by atoms with Gasteiger partial charge in [-0.2, -0.15) is 5.10 Å². The number of fused-ring (bicyclic) bond motifs is 1. The molecule has 0 unspecified atom stereocenters. The van der Waals surface area contributed by atoms with Gasteiger partial charge in [0.15, 0.2) is 0 Å². The highest BCUT2D eigenvalue weighted by molar-refractivity contribution is 5.98. The first kappa shape index (κ1) is 15.2. The molecular formula is C16H17FN4O2. The SMILES string of the molecule is NC(=O)[C@H](NC(=O)c1cnn2c1CCCC2)c1ccc(F)cc1. The minimum absolute atomic E-state index is 0.402. The van der Waals surface area contributed by atoms with Crippen molar-refractivity contribution in [1.29, 1.82) is 0 Å². The molecule has 3 N–H and O–H groups in total. The average Bonchev–Trinajstić information content (AvgIpc) is 2.97. The molecule has 1 aromatic heterocycles. The zero-order valence-corrected chi connectivity index (χ0v) is 12.5. The summed E-state index contributed by atoms with van der Waals surface area (Å²) in [5, 5.41) is 6.82. The highest BCUT2D eigenvalue weighted by Crippen LogP contribution is 2.20. The molecule has 0 radical (unpaired) electrons. The summed E-state index contributed by atoms with van der Waals surface area (Å²) in [5.41, 5.74) is 7.14. The lowest BCUT2D eigenvalue weighted by Gasteiger charge is -2.17. The third kappa shape index (κ3) is 3.08. The minimum Gasteiger partial charge on any atom is -0.368 e. The summed E-state index contributed by atoms with van der Waals surface area (Å²) in [4.78, 5) is 24.2. The smallest absolute Gasteiger partial charge is 0.255 e. The third-order valence-electron chi connectivity index (χ3n) is 3.99. The molecule has 2 amide bonds. The summed E-state index contributed by atoms with van der Waals surface area (Å²) in [5.74, 6) is -1.53. The van der Waals surface area contributed by atoms with Gasteiger partial charge in [-0.05, 0) is 37.0 Å². The molecule has 0 saturated carbocycles. The van der Waals surface area contributed by atoms with Gasteiger partial charge < -0.3 is 11.1 Å². The van der Waals surface area contributed by atoms with Crippen LogP contribution in [0.1, 0.15) is 40.5 Å². The summed E-state index contributed by atoms with van der Waals surface area (Å²) < 4.78 is 14.8. The van der Waals surface area contributed by atoms with Crippen LogP contribution in [-0.2, 0) is 17.8 Å². The highest BCUT2D eigenvalue weighted by atomic mass is 19.1. The molecule has 1 aliphatic heterocycles. The fraction of sp³-hybridized carbons (Fsp3) is 0.312. The predicted molar refractivity (Wildman–Crippen MR) is 81.0 cm³/mol. The van der Waals surface area contributed by atoms with E-state index in [-0.39, 0.29) is 0 Å². The first-order valence-corrected chi connectivity index (χ1v) is 7.46. The van der Waals surface area contributed by atoms with E-state index < -0.39 is 23.7 Å². The van der Waals surface area contributed by atoms with Crippen LogP contribution in [0, 0.1) is 5.82 Å². The number of benzene rings is 1. The molecule has 0 saturated heterocycles. The van der Waals surface area contributed by atoms with Crippen LogP contribution in [0.15, 0.2) is 30.5 Å².